The molecule has 2 unspecified atom stereocenters. The molecule has 0 aromatic carbocycles. The Morgan fingerprint density at radius 1 is 1.00 bits per heavy atom. The molecule has 0 aromatic heterocycles. The zero-order valence-electron chi connectivity index (χ0n) is 12.8. The van der Waals surface area contributed by atoms with Gasteiger partial charge in [-0.3, -0.25) is 24.0 Å². The van der Waals surface area contributed by atoms with Crippen molar-refractivity contribution in [3.8, 4) is 0 Å². The number of hydrogen-bond donors (Lipinski definition) is 7. The number of rotatable bonds is 11. The van der Waals surface area contributed by atoms with Crippen LogP contribution < -0.4 is 27.4 Å². The van der Waals surface area contributed by atoms with Crippen LogP contribution in [0.25, 0.3) is 0 Å². The van der Waals surface area contributed by atoms with Crippen molar-refractivity contribution in [2.75, 3.05) is 19.7 Å². The zero-order chi connectivity index (χ0) is 18.7. The highest BCUT2D eigenvalue weighted by atomic mass is 16.4. The Bertz CT molecular complexity index is 496. The zero-order valence-corrected chi connectivity index (χ0v) is 12.8. The molecule has 0 radical (unpaired) electrons. The van der Waals surface area contributed by atoms with Crippen LogP contribution in [0.3, 0.4) is 0 Å². The molecule has 0 fully saturated rings. The summed E-state index contributed by atoms with van der Waals surface area (Å²) in [6.45, 7) is -1.78. The van der Waals surface area contributed by atoms with E-state index < -0.39 is 61.4 Å². The van der Waals surface area contributed by atoms with Crippen LogP contribution in [-0.4, -0.2) is 71.6 Å². The summed E-state index contributed by atoms with van der Waals surface area (Å²) in [7, 11) is 0. The highest BCUT2D eigenvalue weighted by molar-refractivity contribution is 5.92. The Labute approximate surface area is 136 Å². The van der Waals surface area contributed by atoms with Crippen LogP contribution in [0.4, 0.5) is 0 Å². The Balaban J connectivity index is 4.61. The monoisotopic (exact) mass is 347 g/mol. The van der Waals surface area contributed by atoms with Gasteiger partial charge in [-0.25, -0.2) is 0 Å². The van der Waals surface area contributed by atoms with Gasteiger partial charge in [-0.15, -0.1) is 0 Å². The first-order valence-electron chi connectivity index (χ1n) is 6.88. The molecule has 12 nitrogen and oxygen atoms in total. The van der Waals surface area contributed by atoms with Gasteiger partial charge in [0.2, 0.25) is 23.6 Å². The molecular weight excluding hydrogens is 326 g/mol. The summed E-state index contributed by atoms with van der Waals surface area (Å²) >= 11 is 0. The van der Waals surface area contributed by atoms with E-state index in [1.54, 1.807) is 0 Å². The van der Waals surface area contributed by atoms with Crippen molar-refractivity contribution in [1.82, 2.24) is 16.0 Å². The first-order valence-corrected chi connectivity index (χ1v) is 6.88. The number of carboxylic acids is 1. The molecule has 2 atom stereocenters. The number of carbonyl (C=O) groups is 5. The maximum Gasteiger partial charge on any atom is 0.322 e. The van der Waals surface area contributed by atoms with Gasteiger partial charge in [0.05, 0.1) is 13.2 Å². The lowest BCUT2D eigenvalue weighted by Gasteiger charge is -2.19. The lowest BCUT2D eigenvalue weighted by atomic mass is 10.1. The van der Waals surface area contributed by atoms with Gasteiger partial charge in [-0.05, 0) is 6.42 Å². The smallest absolute Gasteiger partial charge is 0.322 e. The fourth-order valence-corrected chi connectivity index (χ4v) is 1.44. The second-order valence-corrected chi connectivity index (χ2v) is 4.74. The minimum atomic E-state index is -1.26. The van der Waals surface area contributed by atoms with Crippen molar-refractivity contribution in [2.24, 2.45) is 11.5 Å². The first kappa shape index (κ1) is 21.3. The number of nitrogens with one attached hydrogen (secondary N) is 3. The maximum atomic E-state index is 12.0. The summed E-state index contributed by atoms with van der Waals surface area (Å²) < 4.78 is 0. The van der Waals surface area contributed by atoms with E-state index in [1.807, 2.05) is 5.32 Å². The van der Waals surface area contributed by atoms with E-state index in [0.717, 1.165) is 0 Å². The third kappa shape index (κ3) is 9.32. The van der Waals surface area contributed by atoms with Crippen LogP contribution in [0.15, 0.2) is 0 Å². The largest absolute Gasteiger partial charge is 0.480 e. The first-order chi connectivity index (χ1) is 11.2. The number of aliphatic hydroxyl groups is 1. The van der Waals surface area contributed by atoms with Crippen molar-refractivity contribution < 1.29 is 34.2 Å². The Morgan fingerprint density at radius 3 is 2.12 bits per heavy atom. The molecule has 0 saturated heterocycles. The summed E-state index contributed by atoms with van der Waals surface area (Å²) in [5.41, 5.74) is 10.3. The number of aliphatic carboxylic acids is 1. The lowest BCUT2D eigenvalue weighted by molar-refractivity contribution is -0.138. The summed E-state index contributed by atoms with van der Waals surface area (Å²) in [5.74, 6) is -4.32. The van der Waals surface area contributed by atoms with Crippen molar-refractivity contribution in [2.45, 2.75) is 24.9 Å². The van der Waals surface area contributed by atoms with E-state index >= 15 is 0 Å². The fraction of sp³-hybridized carbons (Fsp3) is 0.583. The van der Waals surface area contributed by atoms with Gasteiger partial charge >= 0.3 is 5.97 Å². The van der Waals surface area contributed by atoms with Gasteiger partial charge in [0.25, 0.3) is 0 Å². The van der Waals surface area contributed by atoms with Crippen LogP contribution >= 0.6 is 0 Å². The Morgan fingerprint density at radius 2 is 1.62 bits per heavy atom. The number of hydrogen-bond acceptors (Lipinski definition) is 7. The quantitative estimate of drug-likeness (QED) is 0.192. The molecule has 136 valence electrons. The van der Waals surface area contributed by atoms with E-state index in [0.29, 0.717) is 0 Å². The number of nitrogens with two attached hydrogens (primary N) is 2. The van der Waals surface area contributed by atoms with Crippen LogP contribution in [0.2, 0.25) is 0 Å². The second-order valence-electron chi connectivity index (χ2n) is 4.74. The predicted octanol–water partition coefficient (Wildman–Crippen LogP) is -4.63. The molecule has 12 heteroatoms. The third-order valence-electron chi connectivity index (χ3n) is 2.71. The van der Waals surface area contributed by atoms with Gasteiger partial charge in [0.15, 0.2) is 0 Å². The molecule has 0 saturated carbocycles. The van der Waals surface area contributed by atoms with Crippen LogP contribution in [0.5, 0.6) is 0 Å². The van der Waals surface area contributed by atoms with E-state index in [4.69, 9.17) is 21.7 Å². The summed E-state index contributed by atoms with van der Waals surface area (Å²) in [6, 6.07) is -2.46. The Kier molecular flexibility index (Phi) is 9.67. The molecule has 4 amide bonds. The average Bonchev–Trinajstić information content (AvgIpc) is 2.52. The van der Waals surface area contributed by atoms with E-state index in [-0.39, 0.29) is 12.8 Å². The summed E-state index contributed by atoms with van der Waals surface area (Å²) in [6.07, 6.45) is -0.347. The molecule has 0 aromatic rings. The standard InChI is InChI=1S/C12H21N5O7/c13-6(5-18)11(23)17-7(1-2-8(14)19)12(24)16-3-9(20)15-4-10(21)22/h6-7,18H,1-5,13H2,(H2,14,19)(H,15,20)(H,16,24)(H,17,23)(H,21,22). The van der Waals surface area contributed by atoms with Crippen molar-refractivity contribution in [3.63, 3.8) is 0 Å². The number of primary amides is 1. The maximum absolute atomic E-state index is 12.0. The molecule has 0 bridgehead atoms. The number of carbonyl (C=O) groups excluding carboxylic acids is 4. The topological polar surface area (TPSA) is 214 Å². The third-order valence-corrected chi connectivity index (χ3v) is 2.71. The number of amides is 4. The number of carboxylic acid groups (broad SMARTS) is 1. The highest BCUT2D eigenvalue weighted by Crippen LogP contribution is 1.98. The SMILES string of the molecule is NC(=O)CCC(NC(=O)C(N)CO)C(=O)NCC(=O)NCC(=O)O. The van der Waals surface area contributed by atoms with Gasteiger partial charge in [-0.2, -0.15) is 0 Å². The minimum absolute atomic E-state index is 0.137. The molecule has 24 heavy (non-hydrogen) atoms. The molecular formula is C12H21N5O7. The second kappa shape index (κ2) is 10.9. The fourth-order valence-electron chi connectivity index (χ4n) is 1.44. The minimum Gasteiger partial charge on any atom is -0.480 e. The van der Waals surface area contributed by atoms with E-state index in [2.05, 4.69) is 10.6 Å². The van der Waals surface area contributed by atoms with Crippen LogP contribution in [0, 0.1) is 0 Å². The van der Waals surface area contributed by atoms with Gasteiger partial charge < -0.3 is 37.6 Å². The van der Waals surface area contributed by atoms with Gasteiger partial charge in [0, 0.05) is 6.42 Å². The van der Waals surface area contributed by atoms with Gasteiger partial charge in [-0.1, -0.05) is 0 Å². The van der Waals surface area contributed by atoms with Crippen molar-refractivity contribution >= 4 is 29.6 Å². The van der Waals surface area contributed by atoms with Crippen molar-refractivity contribution in [3.05, 3.63) is 0 Å². The predicted molar refractivity (Wildman–Crippen MR) is 79.1 cm³/mol. The van der Waals surface area contributed by atoms with Crippen molar-refractivity contribution in [1.29, 1.82) is 0 Å². The van der Waals surface area contributed by atoms with E-state index in [1.165, 1.54) is 0 Å². The highest BCUT2D eigenvalue weighted by Gasteiger charge is 2.24. The normalized spacial score (nSPS) is 12.6. The van der Waals surface area contributed by atoms with Crippen LogP contribution in [-0.2, 0) is 24.0 Å². The molecule has 0 heterocycles. The summed E-state index contributed by atoms with van der Waals surface area (Å²) in [5, 5.41) is 23.6. The van der Waals surface area contributed by atoms with Gasteiger partial charge in [0.1, 0.15) is 18.6 Å². The molecule has 9 N–H and O–H groups in total. The lowest BCUT2D eigenvalue weighted by Crippen LogP contribution is -2.53. The molecule has 0 aliphatic rings. The Hall–Kier alpha value is -2.73. The average molecular weight is 347 g/mol. The molecule has 0 rings (SSSR count). The summed E-state index contributed by atoms with van der Waals surface area (Å²) in [4.78, 5) is 56.0. The van der Waals surface area contributed by atoms with E-state index in [9.17, 15) is 24.0 Å². The molecule has 0 aliphatic carbocycles. The molecule has 0 aliphatic heterocycles. The number of aliphatic hydroxyl groups excluding tert-OH is 1. The molecule has 0 spiro atoms. The van der Waals surface area contributed by atoms with Crippen LogP contribution in [0.1, 0.15) is 12.8 Å².